The minimum atomic E-state index is -0.124. The molecule has 38 heavy (non-hydrogen) atoms. The molecule has 1 N–H and O–H groups in total. The number of amides is 1. The molecule has 3 aliphatic heterocycles. The van der Waals surface area contributed by atoms with Gasteiger partial charge in [0.05, 0.1) is 42.3 Å². The summed E-state index contributed by atoms with van der Waals surface area (Å²) < 4.78 is 17.9. The maximum Gasteiger partial charge on any atom is 0.224 e. The SMILES string of the molecule is CCCN1C(SCC(=O)c2ccc(OCC)c(NC(=O)CC)c2)=NC(C2CCCO2)C(C2CCCO2)N1C. The fourth-order valence-electron chi connectivity index (χ4n) is 5.41. The van der Waals surface area contributed by atoms with Crippen molar-refractivity contribution in [2.75, 3.05) is 44.5 Å². The number of Topliss-reactive ketones (excluding diaryl/α,β-unsaturated/α-hetero) is 1. The lowest BCUT2D eigenvalue weighted by Crippen LogP contribution is -2.63. The van der Waals surface area contributed by atoms with Gasteiger partial charge in [-0.1, -0.05) is 25.6 Å². The Kier molecular flexibility index (Phi) is 10.5. The van der Waals surface area contributed by atoms with Gasteiger partial charge < -0.3 is 19.5 Å². The molecule has 9 nitrogen and oxygen atoms in total. The zero-order valence-corrected chi connectivity index (χ0v) is 23.9. The van der Waals surface area contributed by atoms with Gasteiger partial charge >= 0.3 is 0 Å². The quantitative estimate of drug-likeness (QED) is 0.409. The molecule has 0 saturated carbocycles. The topological polar surface area (TPSA) is 92.7 Å². The van der Waals surface area contributed by atoms with Crippen molar-refractivity contribution < 1.29 is 23.8 Å². The Bertz CT molecular complexity index is 993. The number of carbonyl (C=O) groups excluding carboxylic acids is 2. The summed E-state index contributed by atoms with van der Waals surface area (Å²) >= 11 is 1.47. The van der Waals surface area contributed by atoms with E-state index in [0.29, 0.717) is 30.0 Å². The normalized spacial score (nSPS) is 25.9. The van der Waals surface area contributed by atoms with E-state index < -0.39 is 0 Å². The summed E-state index contributed by atoms with van der Waals surface area (Å²) in [5.41, 5.74) is 1.06. The van der Waals surface area contributed by atoms with E-state index in [9.17, 15) is 9.59 Å². The van der Waals surface area contributed by atoms with Crippen molar-refractivity contribution in [2.24, 2.45) is 4.99 Å². The van der Waals surface area contributed by atoms with E-state index in [1.165, 1.54) is 11.8 Å². The number of benzene rings is 1. The largest absolute Gasteiger partial charge is 0.492 e. The predicted octanol–water partition coefficient (Wildman–Crippen LogP) is 4.37. The number of carbonyl (C=O) groups is 2. The van der Waals surface area contributed by atoms with Crippen LogP contribution in [0.1, 0.15) is 69.7 Å². The molecule has 1 amide bonds. The molecule has 3 aliphatic rings. The fraction of sp³-hybridized carbons (Fsp3) is 0.679. The lowest BCUT2D eigenvalue weighted by atomic mass is 9.93. The van der Waals surface area contributed by atoms with Gasteiger partial charge in [-0.2, -0.15) is 0 Å². The van der Waals surface area contributed by atoms with Crippen LogP contribution in [-0.2, 0) is 14.3 Å². The van der Waals surface area contributed by atoms with Crippen LogP contribution < -0.4 is 10.1 Å². The second-order valence-corrected chi connectivity index (χ2v) is 10.9. The summed E-state index contributed by atoms with van der Waals surface area (Å²) in [7, 11) is 2.12. The van der Waals surface area contributed by atoms with Crippen molar-refractivity contribution in [3.63, 3.8) is 0 Å². The summed E-state index contributed by atoms with van der Waals surface area (Å²) in [6.45, 7) is 8.68. The van der Waals surface area contributed by atoms with Gasteiger partial charge in [0, 0.05) is 38.8 Å². The van der Waals surface area contributed by atoms with E-state index in [1.807, 2.05) is 6.92 Å². The second kappa shape index (κ2) is 13.8. The maximum atomic E-state index is 13.3. The highest BCUT2D eigenvalue weighted by molar-refractivity contribution is 8.14. The van der Waals surface area contributed by atoms with Gasteiger partial charge in [0.25, 0.3) is 0 Å². The van der Waals surface area contributed by atoms with E-state index in [4.69, 9.17) is 19.2 Å². The molecule has 0 aromatic heterocycles. The Morgan fingerprint density at radius 1 is 1.13 bits per heavy atom. The molecule has 0 radical (unpaired) electrons. The van der Waals surface area contributed by atoms with E-state index in [2.05, 4.69) is 29.3 Å². The molecule has 10 heteroatoms. The van der Waals surface area contributed by atoms with Gasteiger partial charge in [-0.15, -0.1) is 0 Å². The lowest BCUT2D eigenvalue weighted by Gasteiger charge is -2.48. The van der Waals surface area contributed by atoms with Gasteiger partial charge in [-0.05, 0) is 57.2 Å². The third kappa shape index (κ3) is 6.70. The lowest BCUT2D eigenvalue weighted by molar-refractivity contribution is -0.115. The molecule has 3 heterocycles. The zero-order chi connectivity index (χ0) is 27.1. The molecule has 0 spiro atoms. The second-order valence-electron chi connectivity index (χ2n) is 9.95. The zero-order valence-electron chi connectivity index (χ0n) is 23.1. The molecule has 4 unspecified atom stereocenters. The predicted molar refractivity (Wildman–Crippen MR) is 151 cm³/mol. The first kappa shape index (κ1) is 28.9. The van der Waals surface area contributed by atoms with Gasteiger partial charge in [0.2, 0.25) is 5.91 Å². The number of thioether (sulfide) groups is 1. The van der Waals surface area contributed by atoms with Crippen molar-refractivity contribution in [1.82, 2.24) is 10.0 Å². The molecule has 4 rings (SSSR count). The Morgan fingerprint density at radius 3 is 2.50 bits per heavy atom. The Balaban J connectivity index is 1.54. The summed E-state index contributed by atoms with van der Waals surface area (Å²) in [6, 6.07) is 5.31. The molecule has 1 aromatic rings. The van der Waals surface area contributed by atoms with E-state index in [0.717, 1.165) is 57.0 Å². The van der Waals surface area contributed by atoms with Crippen LogP contribution in [0.5, 0.6) is 5.75 Å². The molecule has 0 bridgehead atoms. The Hall–Kier alpha value is -2.14. The highest BCUT2D eigenvalue weighted by Crippen LogP contribution is 2.35. The smallest absolute Gasteiger partial charge is 0.224 e. The van der Waals surface area contributed by atoms with Crippen molar-refractivity contribution in [3.05, 3.63) is 23.8 Å². The molecule has 4 atom stereocenters. The number of hydrogen-bond donors (Lipinski definition) is 1. The third-order valence-electron chi connectivity index (χ3n) is 7.30. The number of nitrogens with one attached hydrogen (secondary N) is 1. The molecular formula is C28H42N4O5S. The Morgan fingerprint density at radius 2 is 1.87 bits per heavy atom. The van der Waals surface area contributed by atoms with Crippen LogP contribution in [0.3, 0.4) is 0 Å². The number of anilines is 1. The summed E-state index contributed by atoms with van der Waals surface area (Å²) in [5.74, 6) is 0.651. The number of likely N-dealkylation sites (N-methyl/N-ethyl adjacent to an activating group) is 1. The van der Waals surface area contributed by atoms with Gasteiger partial charge in [0.1, 0.15) is 5.75 Å². The molecular weight excluding hydrogens is 504 g/mol. The van der Waals surface area contributed by atoms with Crippen LogP contribution in [0.25, 0.3) is 0 Å². The van der Waals surface area contributed by atoms with Crippen molar-refractivity contribution in [1.29, 1.82) is 0 Å². The fourth-order valence-corrected chi connectivity index (χ4v) is 6.40. The minimum Gasteiger partial charge on any atom is -0.492 e. The summed E-state index contributed by atoms with van der Waals surface area (Å²) in [6.07, 6.45) is 5.65. The number of ether oxygens (including phenoxy) is 3. The van der Waals surface area contributed by atoms with Crippen LogP contribution in [0.15, 0.2) is 23.2 Å². The van der Waals surface area contributed by atoms with Crippen molar-refractivity contribution >= 4 is 34.3 Å². The van der Waals surface area contributed by atoms with Crippen LogP contribution in [-0.4, -0.2) is 90.3 Å². The first-order valence-electron chi connectivity index (χ1n) is 14.0. The van der Waals surface area contributed by atoms with E-state index >= 15 is 0 Å². The van der Waals surface area contributed by atoms with Crippen molar-refractivity contribution in [3.8, 4) is 5.75 Å². The Labute approximate surface area is 230 Å². The van der Waals surface area contributed by atoms with Crippen molar-refractivity contribution in [2.45, 2.75) is 83.6 Å². The summed E-state index contributed by atoms with van der Waals surface area (Å²) in [4.78, 5) is 30.6. The molecule has 2 fully saturated rings. The van der Waals surface area contributed by atoms with Crippen LogP contribution in [0, 0.1) is 0 Å². The number of amidine groups is 1. The average Bonchev–Trinajstić information content (AvgIpc) is 3.64. The highest BCUT2D eigenvalue weighted by Gasteiger charge is 2.46. The molecule has 0 aliphatic carbocycles. The first-order valence-corrected chi connectivity index (χ1v) is 15.0. The number of nitrogens with zero attached hydrogens (tertiary/aromatic N) is 3. The van der Waals surface area contributed by atoms with Gasteiger partial charge in [-0.3, -0.25) is 19.6 Å². The molecule has 2 saturated heterocycles. The standard InChI is InChI=1S/C28H42N4O5S/c1-5-14-32-28(30-26(23-10-8-15-36-23)27(31(32)4)24-11-9-16-37-24)38-18-21(33)19-12-13-22(35-7-3)20(17-19)29-25(34)6-2/h12-13,17,23-24,26-27H,5-11,14-16,18H2,1-4H3,(H,29,34). The number of aliphatic imine (C=N–C) groups is 1. The first-order chi connectivity index (χ1) is 18.5. The van der Waals surface area contributed by atoms with Crippen LogP contribution in [0.4, 0.5) is 5.69 Å². The van der Waals surface area contributed by atoms with Gasteiger partial charge in [-0.25, -0.2) is 5.01 Å². The minimum absolute atomic E-state index is 0.0261. The molecule has 210 valence electrons. The average molecular weight is 547 g/mol. The highest BCUT2D eigenvalue weighted by atomic mass is 32.2. The summed E-state index contributed by atoms with van der Waals surface area (Å²) in [5, 5.41) is 8.21. The number of hydrogen-bond acceptors (Lipinski definition) is 9. The van der Waals surface area contributed by atoms with E-state index in [-0.39, 0.29) is 41.7 Å². The number of rotatable bonds is 11. The maximum absolute atomic E-state index is 13.3. The van der Waals surface area contributed by atoms with Crippen LogP contribution >= 0.6 is 11.8 Å². The van der Waals surface area contributed by atoms with Gasteiger partial charge in [0.15, 0.2) is 11.0 Å². The number of hydrazine groups is 1. The molecule has 1 aromatic carbocycles. The monoisotopic (exact) mass is 546 g/mol. The third-order valence-corrected chi connectivity index (χ3v) is 8.28. The van der Waals surface area contributed by atoms with E-state index in [1.54, 1.807) is 25.1 Å². The van der Waals surface area contributed by atoms with Crippen LogP contribution in [0.2, 0.25) is 0 Å². The number of ketones is 1.